The molecule has 29 heavy (non-hydrogen) atoms. The van der Waals surface area contributed by atoms with Crippen LogP contribution in [0.5, 0.6) is 11.5 Å². The molecule has 0 aliphatic carbocycles. The molecule has 0 saturated carbocycles. The van der Waals surface area contributed by atoms with Crippen LogP contribution < -0.4 is 9.47 Å². The minimum atomic E-state index is -0.537. The van der Waals surface area contributed by atoms with Crippen LogP contribution in [0.1, 0.15) is 21.6 Å². The summed E-state index contributed by atoms with van der Waals surface area (Å²) in [5.74, 6) is 0.259. The Labute approximate surface area is 167 Å². The van der Waals surface area contributed by atoms with Crippen molar-refractivity contribution in [2.45, 2.75) is 6.92 Å². The van der Waals surface area contributed by atoms with Gasteiger partial charge in [0.1, 0.15) is 0 Å². The summed E-state index contributed by atoms with van der Waals surface area (Å²) in [6.45, 7) is 1.79. The molecule has 0 radical (unpaired) electrons. The molecule has 0 saturated heterocycles. The summed E-state index contributed by atoms with van der Waals surface area (Å²) in [5.41, 5.74) is 1.96. The zero-order chi connectivity index (χ0) is 21.0. The maximum atomic E-state index is 12.7. The van der Waals surface area contributed by atoms with E-state index in [1.807, 2.05) is 30.3 Å². The highest BCUT2D eigenvalue weighted by molar-refractivity contribution is 6.07. The molecule has 0 unspecified atom stereocenters. The smallest absolute Gasteiger partial charge is 0.280 e. The number of hydrogen-bond acceptors (Lipinski definition) is 6. The predicted molar refractivity (Wildman–Crippen MR) is 108 cm³/mol. The van der Waals surface area contributed by atoms with Crippen molar-refractivity contribution < 1.29 is 19.2 Å². The zero-order valence-electron chi connectivity index (χ0n) is 16.2. The fourth-order valence-electron chi connectivity index (χ4n) is 2.91. The van der Waals surface area contributed by atoms with Gasteiger partial charge in [0, 0.05) is 0 Å². The Morgan fingerprint density at radius 2 is 1.79 bits per heavy atom. The highest BCUT2D eigenvalue weighted by Crippen LogP contribution is 2.35. The van der Waals surface area contributed by atoms with E-state index in [1.54, 1.807) is 11.6 Å². The predicted octanol–water partition coefficient (Wildman–Crippen LogP) is 4.00. The molecule has 0 amide bonds. The Hall–Kier alpha value is -3.94. The van der Waals surface area contributed by atoms with Crippen LogP contribution in [-0.4, -0.2) is 34.7 Å². The number of para-hydroxylation sites is 1. The molecule has 148 valence electrons. The van der Waals surface area contributed by atoms with Crippen molar-refractivity contribution in [1.29, 1.82) is 0 Å². The number of ketones is 1. The monoisotopic (exact) mass is 393 g/mol. The maximum absolute atomic E-state index is 12.7. The lowest BCUT2D eigenvalue weighted by Gasteiger charge is -2.08. The summed E-state index contributed by atoms with van der Waals surface area (Å²) in [5, 5.41) is 15.7. The van der Waals surface area contributed by atoms with Gasteiger partial charge in [-0.05, 0) is 37.3 Å². The normalized spacial score (nSPS) is 10.9. The van der Waals surface area contributed by atoms with Gasteiger partial charge < -0.3 is 9.47 Å². The summed E-state index contributed by atoms with van der Waals surface area (Å²) in [4.78, 5) is 23.5. The Bertz CT molecular complexity index is 1090. The van der Waals surface area contributed by atoms with Gasteiger partial charge in [-0.25, -0.2) is 4.68 Å². The van der Waals surface area contributed by atoms with Crippen molar-refractivity contribution >= 4 is 17.5 Å². The van der Waals surface area contributed by atoms with E-state index in [1.165, 1.54) is 44.7 Å². The summed E-state index contributed by atoms with van der Waals surface area (Å²) >= 11 is 0. The molecule has 3 rings (SSSR count). The molecule has 8 nitrogen and oxygen atoms in total. The number of rotatable bonds is 7. The van der Waals surface area contributed by atoms with Crippen LogP contribution in [0.15, 0.2) is 54.7 Å². The number of carbonyl (C=O) groups is 1. The second-order valence-corrected chi connectivity index (χ2v) is 6.11. The second kappa shape index (κ2) is 8.39. The standard InChI is InChI=1S/C21H19N3O5/c1-14-17(13-22-23(14)16-7-5-4-6-8-16)19(25)10-9-15-11-20(28-2)21(29-3)12-18(15)24(26)27/h4-13H,1-3H3. The van der Waals surface area contributed by atoms with E-state index in [9.17, 15) is 14.9 Å². The van der Waals surface area contributed by atoms with E-state index in [-0.39, 0.29) is 22.8 Å². The number of nitro groups is 1. The molecular weight excluding hydrogens is 374 g/mol. The van der Waals surface area contributed by atoms with Gasteiger partial charge in [-0.15, -0.1) is 0 Å². The number of nitrogens with zero attached hydrogens (tertiary/aromatic N) is 3. The lowest BCUT2D eigenvalue weighted by Crippen LogP contribution is -2.01. The first-order valence-electron chi connectivity index (χ1n) is 8.69. The number of methoxy groups -OCH3 is 2. The molecule has 0 atom stereocenters. The fourth-order valence-corrected chi connectivity index (χ4v) is 2.91. The fraction of sp³-hybridized carbons (Fsp3) is 0.143. The molecule has 3 aromatic rings. The van der Waals surface area contributed by atoms with Crippen LogP contribution in [0.4, 0.5) is 5.69 Å². The minimum absolute atomic E-state index is 0.191. The molecule has 1 aromatic heterocycles. The summed E-state index contributed by atoms with van der Waals surface area (Å²) in [6.07, 6.45) is 4.16. The van der Waals surface area contributed by atoms with Gasteiger partial charge in [0.15, 0.2) is 17.3 Å². The van der Waals surface area contributed by atoms with Crippen LogP contribution in [0.3, 0.4) is 0 Å². The maximum Gasteiger partial charge on any atom is 0.280 e. The largest absolute Gasteiger partial charge is 0.493 e. The molecular formula is C21H19N3O5. The number of nitro benzene ring substituents is 1. The van der Waals surface area contributed by atoms with E-state index >= 15 is 0 Å². The Morgan fingerprint density at radius 3 is 2.41 bits per heavy atom. The molecule has 8 heteroatoms. The number of aromatic nitrogens is 2. The summed E-state index contributed by atoms with van der Waals surface area (Å²) in [6, 6.07) is 12.2. The number of allylic oxidation sites excluding steroid dienone is 1. The minimum Gasteiger partial charge on any atom is -0.493 e. The lowest BCUT2D eigenvalue weighted by atomic mass is 10.1. The number of carbonyl (C=O) groups excluding carboxylic acids is 1. The Morgan fingerprint density at radius 1 is 1.14 bits per heavy atom. The Balaban J connectivity index is 1.94. The van der Waals surface area contributed by atoms with E-state index in [0.717, 1.165) is 5.69 Å². The first-order chi connectivity index (χ1) is 14.0. The van der Waals surface area contributed by atoms with Crippen LogP contribution in [0.25, 0.3) is 11.8 Å². The molecule has 0 bridgehead atoms. The van der Waals surface area contributed by atoms with Crippen molar-refractivity contribution in [2.24, 2.45) is 0 Å². The third-order valence-corrected chi connectivity index (χ3v) is 4.42. The first kappa shape index (κ1) is 19.8. The third kappa shape index (κ3) is 4.01. The average Bonchev–Trinajstić information content (AvgIpc) is 3.13. The first-order valence-corrected chi connectivity index (χ1v) is 8.69. The van der Waals surface area contributed by atoms with Crippen molar-refractivity contribution in [1.82, 2.24) is 9.78 Å². The van der Waals surface area contributed by atoms with Crippen molar-refractivity contribution in [3.63, 3.8) is 0 Å². The number of benzene rings is 2. The number of hydrogen-bond donors (Lipinski definition) is 0. The van der Waals surface area contributed by atoms with Crippen LogP contribution in [0, 0.1) is 17.0 Å². The van der Waals surface area contributed by atoms with E-state index < -0.39 is 4.92 Å². The van der Waals surface area contributed by atoms with Crippen molar-refractivity contribution in [2.75, 3.05) is 14.2 Å². The second-order valence-electron chi connectivity index (χ2n) is 6.11. The van der Waals surface area contributed by atoms with Gasteiger partial charge in [-0.2, -0.15) is 5.10 Å². The van der Waals surface area contributed by atoms with Gasteiger partial charge in [0.25, 0.3) is 5.69 Å². The third-order valence-electron chi connectivity index (χ3n) is 4.42. The quantitative estimate of drug-likeness (QED) is 0.260. The van der Waals surface area contributed by atoms with Gasteiger partial charge >= 0.3 is 0 Å². The summed E-state index contributed by atoms with van der Waals surface area (Å²) in [7, 11) is 2.83. The molecule has 0 aliphatic rings. The van der Waals surface area contributed by atoms with Crippen LogP contribution >= 0.6 is 0 Å². The molecule has 0 aliphatic heterocycles. The van der Waals surface area contributed by atoms with Crippen molar-refractivity contribution in [3.8, 4) is 17.2 Å². The molecule has 0 fully saturated rings. The Kier molecular flexibility index (Phi) is 5.73. The molecule has 2 aromatic carbocycles. The average molecular weight is 393 g/mol. The summed E-state index contributed by atoms with van der Waals surface area (Å²) < 4.78 is 12.0. The van der Waals surface area contributed by atoms with E-state index in [2.05, 4.69) is 5.10 Å². The van der Waals surface area contributed by atoms with Gasteiger partial charge in [-0.3, -0.25) is 14.9 Å². The highest BCUT2D eigenvalue weighted by Gasteiger charge is 2.19. The number of ether oxygens (including phenoxy) is 2. The highest BCUT2D eigenvalue weighted by atomic mass is 16.6. The van der Waals surface area contributed by atoms with E-state index in [0.29, 0.717) is 17.0 Å². The molecule has 0 N–H and O–H groups in total. The van der Waals surface area contributed by atoms with Crippen molar-refractivity contribution in [3.05, 3.63) is 81.7 Å². The molecule has 1 heterocycles. The van der Waals surface area contributed by atoms with Gasteiger partial charge in [0.05, 0.1) is 53.9 Å². The van der Waals surface area contributed by atoms with Crippen LogP contribution in [-0.2, 0) is 0 Å². The van der Waals surface area contributed by atoms with Gasteiger partial charge in [0.2, 0.25) is 0 Å². The van der Waals surface area contributed by atoms with E-state index in [4.69, 9.17) is 9.47 Å². The molecule has 0 spiro atoms. The topological polar surface area (TPSA) is 96.5 Å². The lowest BCUT2D eigenvalue weighted by molar-refractivity contribution is -0.385. The van der Waals surface area contributed by atoms with Crippen LogP contribution in [0.2, 0.25) is 0 Å². The zero-order valence-corrected chi connectivity index (χ0v) is 16.2. The van der Waals surface area contributed by atoms with Gasteiger partial charge in [-0.1, -0.05) is 18.2 Å². The SMILES string of the molecule is COc1cc(C=CC(=O)c2cnn(-c3ccccc3)c2C)c([N+](=O)[O-])cc1OC.